The standard InChI is InChI=1S/C14H16F4O/c15-12-7-2-1-6-11(12)13(19)9-4-3-5-10(8-9)14(16,17)18/h1-2,6-7,9-10,13,19H,3-5,8H2. The highest BCUT2D eigenvalue weighted by Crippen LogP contribution is 2.44. The van der Waals surface area contributed by atoms with Crippen molar-refractivity contribution in [2.45, 2.75) is 38.0 Å². The van der Waals surface area contributed by atoms with Crippen LogP contribution < -0.4 is 0 Å². The van der Waals surface area contributed by atoms with Crippen LogP contribution in [0, 0.1) is 17.7 Å². The number of aliphatic hydroxyl groups excluding tert-OH is 1. The fourth-order valence-electron chi connectivity index (χ4n) is 2.78. The summed E-state index contributed by atoms with van der Waals surface area (Å²) >= 11 is 0. The molecule has 1 aromatic rings. The third-order valence-corrected chi connectivity index (χ3v) is 3.85. The Morgan fingerprint density at radius 2 is 1.84 bits per heavy atom. The Morgan fingerprint density at radius 1 is 1.16 bits per heavy atom. The van der Waals surface area contributed by atoms with Crippen LogP contribution in [-0.4, -0.2) is 11.3 Å². The van der Waals surface area contributed by atoms with Crippen LogP contribution in [0.3, 0.4) is 0 Å². The molecule has 19 heavy (non-hydrogen) atoms. The first-order chi connectivity index (χ1) is 8.89. The normalized spacial score (nSPS) is 26.2. The van der Waals surface area contributed by atoms with Gasteiger partial charge in [0.2, 0.25) is 0 Å². The molecule has 106 valence electrons. The van der Waals surface area contributed by atoms with Crippen molar-refractivity contribution in [1.29, 1.82) is 0 Å². The second-order valence-corrected chi connectivity index (χ2v) is 5.13. The lowest BCUT2D eigenvalue weighted by atomic mass is 9.77. The molecule has 0 saturated heterocycles. The van der Waals surface area contributed by atoms with Crippen LogP contribution in [0.1, 0.15) is 37.4 Å². The third-order valence-electron chi connectivity index (χ3n) is 3.85. The number of hydrogen-bond acceptors (Lipinski definition) is 1. The van der Waals surface area contributed by atoms with Gasteiger partial charge in [-0.2, -0.15) is 13.2 Å². The molecule has 3 unspecified atom stereocenters. The van der Waals surface area contributed by atoms with E-state index < -0.39 is 29.9 Å². The minimum Gasteiger partial charge on any atom is -0.388 e. The lowest BCUT2D eigenvalue weighted by Gasteiger charge is -2.33. The van der Waals surface area contributed by atoms with Crippen molar-refractivity contribution in [3.63, 3.8) is 0 Å². The summed E-state index contributed by atoms with van der Waals surface area (Å²) in [7, 11) is 0. The van der Waals surface area contributed by atoms with E-state index in [2.05, 4.69) is 0 Å². The first-order valence-electron chi connectivity index (χ1n) is 6.39. The highest BCUT2D eigenvalue weighted by Gasteiger charge is 2.43. The highest BCUT2D eigenvalue weighted by atomic mass is 19.4. The van der Waals surface area contributed by atoms with Crippen molar-refractivity contribution in [2.24, 2.45) is 11.8 Å². The molecule has 1 saturated carbocycles. The number of rotatable bonds is 2. The Kier molecular flexibility index (Phi) is 4.13. The van der Waals surface area contributed by atoms with Crippen LogP contribution in [0.5, 0.6) is 0 Å². The van der Waals surface area contributed by atoms with Crippen LogP contribution in [0.4, 0.5) is 17.6 Å². The maximum atomic E-state index is 13.5. The predicted molar refractivity (Wildman–Crippen MR) is 62.9 cm³/mol. The Hall–Kier alpha value is -1.10. The fourth-order valence-corrected chi connectivity index (χ4v) is 2.78. The first-order valence-corrected chi connectivity index (χ1v) is 6.39. The molecule has 1 N–H and O–H groups in total. The van der Waals surface area contributed by atoms with E-state index in [1.807, 2.05) is 0 Å². The van der Waals surface area contributed by atoms with Crippen LogP contribution >= 0.6 is 0 Å². The SMILES string of the molecule is OC(c1ccccc1F)C1CCCC(C(F)(F)F)C1. The summed E-state index contributed by atoms with van der Waals surface area (Å²) in [5.74, 6) is -2.48. The zero-order valence-electron chi connectivity index (χ0n) is 10.3. The lowest BCUT2D eigenvalue weighted by Crippen LogP contribution is -2.31. The van der Waals surface area contributed by atoms with Gasteiger partial charge in [0.15, 0.2) is 0 Å². The van der Waals surface area contributed by atoms with Gasteiger partial charge in [-0.05, 0) is 31.2 Å². The smallest absolute Gasteiger partial charge is 0.388 e. The zero-order valence-corrected chi connectivity index (χ0v) is 10.3. The molecule has 1 aliphatic rings. The van der Waals surface area contributed by atoms with E-state index in [0.29, 0.717) is 12.8 Å². The van der Waals surface area contributed by atoms with Gasteiger partial charge in [-0.1, -0.05) is 24.6 Å². The van der Waals surface area contributed by atoms with E-state index in [9.17, 15) is 22.7 Å². The number of benzene rings is 1. The second-order valence-electron chi connectivity index (χ2n) is 5.13. The third kappa shape index (κ3) is 3.26. The molecular weight excluding hydrogens is 260 g/mol. The van der Waals surface area contributed by atoms with E-state index in [-0.39, 0.29) is 18.4 Å². The van der Waals surface area contributed by atoms with E-state index in [1.165, 1.54) is 18.2 Å². The van der Waals surface area contributed by atoms with Gasteiger partial charge < -0.3 is 5.11 Å². The lowest BCUT2D eigenvalue weighted by molar-refractivity contribution is -0.189. The molecule has 0 heterocycles. The van der Waals surface area contributed by atoms with E-state index in [4.69, 9.17) is 0 Å². The summed E-state index contributed by atoms with van der Waals surface area (Å²) in [4.78, 5) is 0. The molecule has 1 fully saturated rings. The number of hydrogen-bond donors (Lipinski definition) is 1. The molecule has 5 heteroatoms. The summed E-state index contributed by atoms with van der Waals surface area (Å²) in [5.41, 5.74) is 0.0929. The van der Waals surface area contributed by atoms with Crippen molar-refractivity contribution >= 4 is 0 Å². The van der Waals surface area contributed by atoms with Gasteiger partial charge in [-0.15, -0.1) is 0 Å². The van der Waals surface area contributed by atoms with Crippen molar-refractivity contribution in [3.8, 4) is 0 Å². The highest BCUT2D eigenvalue weighted by molar-refractivity contribution is 5.20. The predicted octanol–water partition coefficient (Wildman–Crippen LogP) is 4.23. The second kappa shape index (κ2) is 5.49. The molecule has 3 atom stereocenters. The molecule has 1 nitrogen and oxygen atoms in total. The van der Waals surface area contributed by atoms with Crippen LogP contribution in [-0.2, 0) is 0 Å². The molecule has 0 aromatic heterocycles. The maximum Gasteiger partial charge on any atom is 0.391 e. The van der Waals surface area contributed by atoms with Crippen LogP contribution in [0.2, 0.25) is 0 Å². The molecule has 0 amide bonds. The Balaban J connectivity index is 2.12. The summed E-state index contributed by atoms with van der Waals surface area (Å²) in [6, 6.07) is 5.70. The molecule has 2 rings (SSSR count). The minimum absolute atomic E-state index is 0.0929. The van der Waals surface area contributed by atoms with E-state index in [0.717, 1.165) is 0 Å². The summed E-state index contributed by atoms with van der Waals surface area (Å²) < 4.78 is 51.7. The average molecular weight is 276 g/mol. The van der Waals surface area contributed by atoms with Gasteiger partial charge in [-0.3, -0.25) is 0 Å². The van der Waals surface area contributed by atoms with Crippen LogP contribution in [0.25, 0.3) is 0 Å². The zero-order chi connectivity index (χ0) is 14.0. The summed E-state index contributed by atoms with van der Waals surface area (Å²) in [6.45, 7) is 0. The number of aliphatic hydroxyl groups is 1. The maximum absolute atomic E-state index is 13.5. The van der Waals surface area contributed by atoms with Crippen molar-refractivity contribution in [3.05, 3.63) is 35.6 Å². The molecular formula is C14H16F4O. The van der Waals surface area contributed by atoms with E-state index >= 15 is 0 Å². The van der Waals surface area contributed by atoms with Crippen molar-refractivity contribution in [1.82, 2.24) is 0 Å². The molecule has 0 radical (unpaired) electrons. The Labute approximate surface area is 109 Å². The van der Waals surface area contributed by atoms with E-state index in [1.54, 1.807) is 6.07 Å². The summed E-state index contributed by atoms with van der Waals surface area (Å²) in [5, 5.41) is 10.1. The molecule has 0 aliphatic heterocycles. The molecule has 1 aliphatic carbocycles. The van der Waals surface area contributed by atoms with Gasteiger partial charge in [-0.25, -0.2) is 4.39 Å². The average Bonchev–Trinajstić information content (AvgIpc) is 2.38. The molecule has 0 spiro atoms. The van der Waals surface area contributed by atoms with Gasteiger partial charge >= 0.3 is 6.18 Å². The Morgan fingerprint density at radius 3 is 2.47 bits per heavy atom. The summed E-state index contributed by atoms with van der Waals surface area (Å²) in [6.07, 6.45) is -4.50. The number of alkyl halides is 3. The van der Waals surface area contributed by atoms with Crippen LogP contribution in [0.15, 0.2) is 24.3 Å². The van der Waals surface area contributed by atoms with Gasteiger partial charge in [0, 0.05) is 5.56 Å². The minimum atomic E-state index is -4.23. The quantitative estimate of drug-likeness (QED) is 0.801. The topological polar surface area (TPSA) is 20.2 Å². The van der Waals surface area contributed by atoms with Gasteiger partial charge in [0.25, 0.3) is 0 Å². The monoisotopic (exact) mass is 276 g/mol. The number of halogens is 4. The van der Waals surface area contributed by atoms with Gasteiger partial charge in [0.1, 0.15) is 5.82 Å². The Bertz CT molecular complexity index is 430. The van der Waals surface area contributed by atoms with Crippen molar-refractivity contribution in [2.75, 3.05) is 0 Å². The largest absolute Gasteiger partial charge is 0.391 e. The molecule has 0 bridgehead atoms. The fraction of sp³-hybridized carbons (Fsp3) is 0.571. The first kappa shape index (κ1) is 14.3. The molecule has 1 aromatic carbocycles. The van der Waals surface area contributed by atoms with Gasteiger partial charge in [0.05, 0.1) is 12.0 Å². The van der Waals surface area contributed by atoms with Crippen molar-refractivity contribution < 1.29 is 22.7 Å².